The van der Waals surface area contributed by atoms with Gasteiger partial charge in [-0.3, -0.25) is 9.48 Å². The predicted octanol–water partition coefficient (Wildman–Crippen LogP) is 1.55. The second kappa shape index (κ2) is 5.96. The summed E-state index contributed by atoms with van der Waals surface area (Å²) in [5.41, 5.74) is 0. The minimum Gasteiger partial charge on any atom is -0.454 e. The van der Waals surface area contributed by atoms with Gasteiger partial charge in [-0.2, -0.15) is 5.10 Å². The van der Waals surface area contributed by atoms with Crippen LogP contribution in [-0.2, 0) is 6.54 Å². The third-order valence-electron chi connectivity index (χ3n) is 4.27. The van der Waals surface area contributed by atoms with Gasteiger partial charge < -0.3 is 14.2 Å². The molecule has 0 radical (unpaired) electrons. The van der Waals surface area contributed by atoms with Crippen LogP contribution in [0.25, 0.3) is 0 Å². The Balaban J connectivity index is 1.67. The zero-order chi connectivity index (χ0) is 15.7. The lowest BCUT2D eigenvalue weighted by Gasteiger charge is -2.22. The van der Waals surface area contributed by atoms with E-state index < -0.39 is 0 Å². The van der Waals surface area contributed by atoms with Crippen molar-refractivity contribution in [2.75, 3.05) is 27.2 Å². The molecule has 0 spiro atoms. The Bertz CT molecular complexity index is 632. The number of amides is 1. The van der Waals surface area contributed by atoms with Crippen LogP contribution in [0.2, 0.25) is 0 Å². The summed E-state index contributed by atoms with van der Waals surface area (Å²) >= 11 is 0. The van der Waals surface area contributed by atoms with Crippen molar-refractivity contribution in [3.8, 4) is 0 Å². The Morgan fingerprint density at radius 2 is 2.23 bits per heavy atom. The Kier molecular flexibility index (Phi) is 4.02. The Morgan fingerprint density at radius 1 is 1.41 bits per heavy atom. The number of carbonyl (C=O) groups excluding carboxylic acids is 1. The topological polar surface area (TPSA) is 54.5 Å². The van der Waals surface area contributed by atoms with Crippen LogP contribution in [0.1, 0.15) is 23.2 Å². The van der Waals surface area contributed by atoms with Crippen molar-refractivity contribution in [2.45, 2.75) is 19.5 Å². The molecule has 1 aliphatic heterocycles. The van der Waals surface area contributed by atoms with Crippen molar-refractivity contribution < 1.29 is 9.21 Å². The zero-order valence-electron chi connectivity index (χ0n) is 13.3. The maximum atomic E-state index is 12.6. The molecule has 2 aromatic heterocycles. The first-order valence-corrected chi connectivity index (χ1v) is 7.56. The molecule has 0 aromatic carbocycles. The standard InChI is InChI=1S/C16H22N4O2/c1-12-9-19(11-14(12)18(2)3)16(21)15-6-5-13(22-15)10-20-8-4-7-17-20/h4-8,12,14H,9-11H2,1-3H3/t12-,14-/m0/s1. The van der Waals surface area contributed by atoms with E-state index in [4.69, 9.17) is 4.42 Å². The average Bonchev–Trinajstić information content (AvgIpc) is 3.19. The second-order valence-electron chi connectivity index (χ2n) is 6.19. The van der Waals surface area contributed by atoms with E-state index in [1.54, 1.807) is 16.9 Å². The van der Waals surface area contributed by atoms with Gasteiger partial charge in [0, 0.05) is 31.5 Å². The predicted molar refractivity (Wildman–Crippen MR) is 82.6 cm³/mol. The van der Waals surface area contributed by atoms with Crippen molar-refractivity contribution in [2.24, 2.45) is 5.92 Å². The fourth-order valence-electron chi connectivity index (χ4n) is 3.07. The molecular formula is C16H22N4O2. The summed E-state index contributed by atoms with van der Waals surface area (Å²) in [6, 6.07) is 5.87. The van der Waals surface area contributed by atoms with Crippen molar-refractivity contribution in [1.29, 1.82) is 0 Å². The van der Waals surface area contributed by atoms with Gasteiger partial charge in [0.25, 0.3) is 5.91 Å². The van der Waals surface area contributed by atoms with E-state index in [1.165, 1.54) is 0 Å². The zero-order valence-corrected chi connectivity index (χ0v) is 13.3. The highest BCUT2D eigenvalue weighted by atomic mass is 16.4. The van der Waals surface area contributed by atoms with Crippen LogP contribution in [0.15, 0.2) is 35.0 Å². The van der Waals surface area contributed by atoms with E-state index in [1.807, 2.05) is 23.2 Å². The summed E-state index contributed by atoms with van der Waals surface area (Å²) in [5, 5.41) is 4.14. The molecule has 3 rings (SSSR count). The number of aromatic nitrogens is 2. The van der Waals surface area contributed by atoms with Gasteiger partial charge in [0.15, 0.2) is 5.76 Å². The molecule has 1 aliphatic rings. The van der Waals surface area contributed by atoms with Gasteiger partial charge in [-0.1, -0.05) is 6.92 Å². The van der Waals surface area contributed by atoms with Crippen LogP contribution < -0.4 is 0 Å². The number of furan rings is 1. The Labute approximate surface area is 130 Å². The van der Waals surface area contributed by atoms with Gasteiger partial charge in [0.05, 0.1) is 6.54 Å². The molecule has 6 heteroatoms. The van der Waals surface area contributed by atoms with Gasteiger partial charge >= 0.3 is 0 Å². The van der Waals surface area contributed by atoms with Crippen molar-refractivity contribution >= 4 is 5.91 Å². The molecule has 3 heterocycles. The maximum Gasteiger partial charge on any atom is 0.289 e. The molecule has 1 fully saturated rings. The van der Waals surface area contributed by atoms with Crippen LogP contribution in [0, 0.1) is 5.92 Å². The minimum atomic E-state index is -0.0251. The lowest BCUT2D eigenvalue weighted by atomic mass is 10.1. The van der Waals surface area contributed by atoms with Gasteiger partial charge in [-0.15, -0.1) is 0 Å². The van der Waals surface area contributed by atoms with Crippen LogP contribution in [0.3, 0.4) is 0 Å². The molecule has 2 aromatic rings. The maximum absolute atomic E-state index is 12.6. The molecule has 1 amide bonds. The average molecular weight is 302 g/mol. The highest BCUT2D eigenvalue weighted by Gasteiger charge is 2.34. The summed E-state index contributed by atoms with van der Waals surface area (Å²) in [4.78, 5) is 16.6. The molecule has 0 aliphatic carbocycles. The first-order valence-electron chi connectivity index (χ1n) is 7.56. The van der Waals surface area contributed by atoms with E-state index in [2.05, 4.69) is 31.0 Å². The van der Waals surface area contributed by atoms with E-state index in [9.17, 15) is 4.79 Å². The minimum absolute atomic E-state index is 0.0251. The lowest BCUT2D eigenvalue weighted by Crippen LogP contribution is -2.35. The van der Waals surface area contributed by atoms with Crippen LogP contribution in [-0.4, -0.2) is 58.7 Å². The van der Waals surface area contributed by atoms with Gasteiger partial charge in [-0.05, 0) is 38.2 Å². The van der Waals surface area contributed by atoms with E-state index in [0.717, 1.165) is 18.8 Å². The summed E-state index contributed by atoms with van der Waals surface area (Å²) in [7, 11) is 4.12. The molecule has 1 saturated heterocycles. The molecule has 0 bridgehead atoms. The van der Waals surface area contributed by atoms with E-state index in [0.29, 0.717) is 24.3 Å². The monoisotopic (exact) mass is 302 g/mol. The fraction of sp³-hybridized carbons (Fsp3) is 0.500. The summed E-state index contributed by atoms with van der Waals surface area (Å²) in [6.07, 6.45) is 3.59. The Hall–Kier alpha value is -2.08. The number of rotatable bonds is 4. The number of likely N-dealkylation sites (N-methyl/N-ethyl adjacent to an activating group) is 1. The smallest absolute Gasteiger partial charge is 0.289 e. The first kappa shape index (κ1) is 14.8. The largest absolute Gasteiger partial charge is 0.454 e. The number of likely N-dealkylation sites (tertiary alicyclic amines) is 1. The first-order chi connectivity index (χ1) is 10.5. The van der Waals surface area contributed by atoms with Crippen LogP contribution in [0.5, 0.6) is 0 Å². The van der Waals surface area contributed by atoms with Crippen molar-refractivity contribution in [1.82, 2.24) is 19.6 Å². The van der Waals surface area contributed by atoms with E-state index >= 15 is 0 Å². The highest BCUT2D eigenvalue weighted by Crippen LogP contribution is 2.22. The van der Waals surface area contributed by atoms with Gasteiger partial charge in [0.1, 0.15) is 5.76 Å². The molecule has 118 valence electrons. The number of nitrogens with zero attached hydrogens (tertiary/aromatic N) is 4. The fourth-order valence-corrected chi connectivity index (χ4v) is 3.07. The molecule has 0 unspecified atom stereocenters. The number of carbonyl (C=O) groups is 1. The molecule has 6 nitrogen and oxygen atoms in total. The normalized spacial score (nSPS) is 21.7. The molecule has 0 saturated carbocycles. The molecule has 0 N–H and O–H groups in total. The second-order valence-corrected chi connectivity index (χ2v) is 6.19. The summed E-state index contributed by atoms with van der Waals surface area (Å²) in [5.74, 6) is 1.59. The number of hydrogen-bond donors (Lipinski definition) is 0. The lowest BCUT2D eigenvalue weighted by molar-refractivity contribution is 0.0747. The molecule has 22 heavy (non-hydrogen) atoms. The van der Waals surface area contributed by atoms with Crippen LogP contribution in [0.4, 0.5) is 0 Å². The third kappa shape index (κ3) is 2.92. The van der Waals surface area contributed by atoms with Crippen molar-refractivity contribution in [3.63, 3.8) is 0 Å². The van der Waals surface area contributed by atoms with Crippen LogP contribution >= 0.6 is 0 Å². The quantitative estimate of drug-likeness (QED) is 0.860. The van der Waals surface area contributed by atoms with E-state index in [-0.39, 0.29) is 5.91 Å². The summed E-state index contributed by atoms with van der Waals surface area (Å²) in [6.45, 7) is 4.25. The Morgan fingerprint density at radius 3 is 2.86 bits per heavy atom. The van der Waals surface area contributed by atoms with Gasteiger partial charge in [-0.25, -0.2) is 0 Å². The SMILES string of the molecule is C[C@H]1CN(C(=O)c2ccc(Cn3cccn3)o2)C[C@@H]1N(C)C. The number of hydrogen-bond acceptors (Lipinski definition) is 4. The highest BCUT2D eigenvalue weighted by molar-refractivity contribution is 5.91. The molecular weight excluding hydrogens is 280 g/mol. The molecule has 2 atom stereocenters. The summed E-state index contributed by atoms with van der Waals surface area (Å²) < 4.78 is 7.47. The van der Waals surface area contributed by atoms with Gasteiger partial charge in [0.2, 0.25) is 0 Å². The third-order valence-corrected chi connectivity index (χ3v) is 4.27. The van der Waals surface area contributed by atoms with Crippen molar-refractivity contribution in [3.05, 3.63) is 42.1 Å².